The van der Waals surface area contributed by atoms with E-state index in [9.17, 15) is 4.39 Å². The molecule has 1 aromatic rings. The molecule has 2 rings (SSSR count). The lowest BCUT2D eigenvalue weighted by molar-refractivity contribution is 0.410. The quantitative estimate of drug-likeness (QED) is 0.826. The molecule has 0 aliphatic carbocycles. The van der Waals surface area contributed by atoms with Gasteiger partial charge in [-0.25, -0.2) is 4.39 Å². The van der Waals surface area contributed by atoms with Gasteiger partial charge in [0.25, 0.3) is 0 Å². The fourth-order valence-electron chi connectivity index (χ4n) is 2.02. The van der Waals surface area contributed by atoms with E-state index in [-0.39, 0.29) is 5.82 Å². The van der Waals surface area contributed by atoms with Crippen LogP contribution in [0.1, 0.15) is 6.92 Å². The number of benzene rings is 1. The molecule has 16 heavy (non-hydrogen) atoms. The van der Waals surface area contributed by atoms with E-state index in [1.165, 1.54) is 6.07 Å². The maximum Gasteiger partial charge on any atom is 0.150 e. The third-order valence-corrected chi connectivity index (χ3v) is 2.86. The summed E-state index contributed by atoms with van der Waals surface area (Å²) in [5, 5.41) is 3.33. The van der Waals surface area contributed by atoms with Gasteiger partial charge in [0.15, 0.2) is 0 Å². The summed E-state index contributed by atoms with van der Waals surface area (Å²) in [4.78, 5) is 2.07. The zero-order valence-corrected chi connectivity index (χ0v) is 9.66. The Kier molecular flexibility index (Phi) is 3.29. The molecule has 1 N–H and O–H groups in total. The zero-order chi connectivity index (χ0) is 11.5. The molecule has 1 atom stereocenters. The van der Waals surface area contributed by atoms with E-state index < -0.39 is 0 Å². The van der Waals surface area contributed by atoms with Crippen LogP contribution in [0.5, 0.6) is 5.75 Å². The summed E-state index contributed by atoms with van der Waals surface area (Å²) in [5.74, 6) is 0.345. The van der Waals surface area contributed by atoms with Crippen LogP contribution >= 0.6 is 0 Å². The fourth-order valence-corrected chi connectivity index (χ4v) is 2.02. The van der Waals surface area contributed by atoms with Crippen molar-refractivity contribution in [1.82, 2.24) is 5.32 Å². The van der Waals surface area contributed by atoms with Crippen molar-refractivity contribution in [2.75, 3.05) is 31.6 Å². The first kappa shape index (κ1) is 11.2. The van der Waals surface area contributed by atoms with Crippen LogP contribution in [0.4, 0.5) is 10.1 Å². The highest BCUT2D eigenvalue weighted by Gasteiger charge is 2.18. The normalized spacial score (nSPS) is 20.9. The van der Waals surface area contributed by atoms with Crippen LogP contribution in [0, 0.1) is 5.82 Å². The Morgan fingerprint density at radius 2 is 2.31 bits per heavy atom. The first-order valence-electron chi connectivity index (χ1n) is 5.52. The van der Waals surface area contributed by atoms with Crippen LogP contribution in [0.2, 0.25) is 0 Å². The molecule has 4 heteroatoms. The lowest BCUT2D eigenvalue weighted by atomic mass is 10.2. The molecular weight excluding hydrogens is 207 g/mol. The van der Waals surface area contributed by atoms with Gasteiger partial charge in [0.2, 0.25) is 0 Å². The SMILES string of the molecule is COc1ccc(N2CCN[C@@H](C)C2)c(F)c1. The molecule has 0 amide bonds. The number of hydrogen-bond donors (Lipinski definition) is 1. The highest BCUT2D eigenvalue weighted by Crippen LogP contribution is 2.24. The smallest absolute Gasteiger partial charge is 0.150 e. The Bertz CT molecular complexity index is 370. The third kappa shape index (κ3) is 2.27. The maximum atomic E-state index is 13.8. The van der Waals surface area contributed by atoms with Crippen LogP contribution in [0.15, 0.2) is 18.2 Å². The molecule has 1 heterocycles. The first-order chi connectivity index (χ1) is 7.70. The second-order valence-corrected chi connectivity index (χ2v) is 4.12. The van der Waals surface area contributed by atoms with E-state index in [4.69, 9.17) is 4.74 Å². The summed E-state index contributed by atoms with van der Waals surface area (Å²) >= 11 is 0. The highest BCUT2D eigenvalue weighted by molar-refractivity contribution is 5.51. The second kappa shape index (κ2) is 4.70. The van der Waals surface area contributed by atoms with Gasteiger partial charge in [-0.1, -0.05) is 0 Å². The number of ether oxygens (including phenoxy) is 1. The minimum absolute atomic E-state index is 0.214. The van der Waals surface area contributed by atoms with Crippen molar-refractivity contribution in [2.24, 2.45) is 0 Å². The standard InChI is InChI=1S/C12H17FN2O/c1-9-8-15(6-5-14-9)12-4-3-10(16-2)7-11(12)13/h3-4,7,9,14H,5-6,8H2,1-2H3/t9-/m0/s1. The summed E-state index contributed by atoms with van der Waals surface area (Å²) in [6, 6.07) is 5.41. The van der Waals surface area contributed by atoms with Crippen molar-refractivity contribution in [3.05, 3.63) is 24.0 Å². The molecule has 88 valence electrons. The molecule has 1 aliphatic rings. The summed E-state index contributed by atoms with van der Waals surface area (Å²) in [7, 11) is 1.54. The van der Waals surface area contributed by atoms with Crippen LogP contribution in [0.25, 0.3) is 0 Å². The van der Waals surface area contributed by atoms with E-state index in [2.05, 4.69) is 17.1 Å². The van der Waals surface area contributed by atoms with Gasteiger partial charge >= 0.3 is 0 Å². The van der Waals surface area contributed by atoms with Gasteiger partial charge < -0.3 is 15.0 Å². The average Bonchev–Trinajstić information content (AvgIpc) is 2.28. The molecule has 0 spiro atoms. The van der Waals surface area contributed by atoms with Gasteiger partial charge in [0, 0.05) is 31.7 Å². The largest absolute Gasteiger partial charge is 0.497 e. The van der Waals surface area contributed by atoms with Gasteiger partial charge in [0.1, 0.15) is 11.6 Å². The van der Waals surface area contributed by atoms with Gasteiger partial charge in [-0.15, -0.1) is 0 Å². The average molecular weight is 224 g/mol. The van der Waals surface area contributed by atoms with Gasteiger partial charge in [0.05, 0.1) is 12.8 Å². The number of nitrogens with zero attached hydrogens (tertiary/aromatic N) is 1. The van der Waals surface area contributed by atoms with Crippen molar-refractivity contribution < 1.29 is 9.13 Å². The molecule has 0 bridgehead atoms. The first-order valence-corrected chi connectivity index (χ1v) is 5.52. The molecule has 1 fully saturated rings. The number of anilines is 1. The Morgan fingerprint density at radius 1 is 1.50 bits per heavy atom. The molecule has 1 aromatic carbocycles. The molecule has 1 aliphatic heterocycles. The fraction of sp³-hybridized carbons (Fsp3) is 0.500. The number of methoxy groups -OCH3 is 1. The van der Waals surface area contributed by atoms with E-state index in [1.807, 2.05) is 0 Å². The second-order valence-electron chi connectivity index (χ2n) is 4.12. The summed E-state index contributed by atoms with van der Waals surface area (Å²) in [6.07, 6.45) is 0. The maximum absolute atomic E-state index is 13.8. The Hall–Kier alpha value is -1.29. The van der Waals surface area contributed by atoms with Crippen molar-refractivity contribution in [3.8, 4) is 5.75 Å². The molecule has 1 saturated heterocycles. The van der Waals surface area contributed by atoms with E-state index >= 15 is 0 Å². The number of hydrogen-bond acceptors (Lipinski definition) is 3. The summed E-state index contributed by atoms with van der Waals surface area (Å²) < 4.78 is 18.8. The van der Waals surface area contributed by atoms with Crippen LogP contribution < -0.4 is 15.0 Å². The Labute approximate surface area is 95.2 Å². The van der Waals surface area contributed by atoms with Crippen LogP contribution in [-0.2, 0) is 0 Å². The van der Waals surface area contributed by atoms with Crippen LogP contribution in [-0.4, -0.2) is 32.8 Å². The minimum Gasteiger partial charge on any atom is -0.497 e. The summed E-state index contributed by atoms with van der Waals surface area (Å²) in [6.45, 7) is 4.68. The Morgan fingerprint density at radius 3 is 2.94 bits per heavy atom. The number of nitrogens with one attached hydrogen (secondary N) is 1. The zero-order valence-electron chi connectivity index (χ0n) is 9.66. The molecule has 0 saturated carbocycles. The monoisotopic (exact) mass is 224 g/mol. The van der Waals surface area contributed by atoms with Crippen LogP contribution in [0.3, 0.4) is 0 Å². The van der Waals surface area contributed by atoms with Crippen molar-refractivity contribution in [2.45, 2.75) is 13.0 Å². The number of piperazine rings is 1. The third-order valence-electron chi connectivity index (χ3n) is 2.86. The van der Waals surface area contributed by atoms with Gasteiger partial charge in [-0.2, -0.15) is 0 Å². The lowest BCUT2D eigenvalue weighted by Crippen LogP contribution is -2.49. The predicted molar refractivity (Wildman–Crippen MR) is 62.6 cm³/mol. The molecule has 0 aromatic heterocycles. The molecule has 0 unspecified atom stereocenters. The highest BCUT2D eigenvalue weighted by atomic mass is 19.1. The van der Waals surface area contributed by atoms with E-state index in [0.29, 0.717) is 17.5 Å². The van der Waals surface area contributed by atoms with E-state index in [1.54, 1.807) is 19.2 Å². The lowest BCUT2D eigenvalue weighted by Gasteiger charge is -2.33. The number of halogens is 1. The molecular formula is C12H17FN2O. The topological polar surface area (TPSA) is 24.5 Å². The molecule has 0 radical (unpaired) electrons. The number of rotatable bonds is 2. The van der Waals surface area contributed by atoms with E-state index in [0.717, 1.165) is 19.6 Å². The van der Waals surface area contributed by atoms with Crippen molar-refractivity contribution >= 4 is 5.69 Å². The Balaban J connectivity index is 2.19. The predicted octanol–water partition coefficient (Wildman–Crippen LogP) is 1.63. The summed E-state index contributed by atoms with van der Waals surface area (Å²) in [5.41, 5.74) is 0.661. The molecule has 3 nitrogen and oxygen atoms in total. The minimum atomic E-state index is -0.214. The van der Waals surface area contributed by atoms with Crippen molar-refractivity contribution in [3.63, 3.8) is 0 Å². The van der Waals surface area contributed by atoms with Crippen molar-refractivity contribution in [1.29, 1.82) is 0 Å². The van der Waals surface area contributed by atoms with Gasteiger partial charge in [-0.05, 0) is 19.1 Å². The van der Waals surface area contributed by atoms with Gasteiger partial charge in [-0.3, -0.25) is 0 Å².